The Morgan fingerprint density at radius 2 is 2.00 bits per heavy atom. The molecule has 2 aliphatic rings. The normalized spacial score (nSPS) is 21.8. The summed E-state index contributed by atoms with van der Waals surface area (Å²) in [4.78, 5) is 19.0. The van der Waals surface area contributed by atoms with Crippen molar-refractivity contribution in [3.05, 3.63) is 23.9 Å². The van der Waals surface area contributed by atoms with Gasteiger partial charge in [-0.2, -0.15) is 0 Å². The van der Waals surface area contributed by atoms with Gasteiger partial charge in [-0.3, -0.25) is 4.79 Å². The molecule has 1 saturated heterocycles. The smallest absolute Gasteiger partial charge is 0.254 e. The number of aromatic nitrogens is 1. The Hall–Kier alpha value is -1.62. The number of aryl methyl sites for hydroxylation is 1. The van der Waals surface area contributed by atoms with Crippen LogP contribution in [0.5, 0.6) is 5.88 Å². The van der Waals surface area contributed by atoms with E-state index >= 15 is 0 Å². The minimum atomic E-state index is -0.647. The molecule has 0 unspecified atom stereocenters. The highest BCUT2D eigenvalue weighted by Crippen LogP contribution is 2.42. The second kappa shape index (κ2) is 6.48. The molecule has 1 aromatic heterocycles. The number of hydrogen-bond donors (Lipinski definition) is 0. The molecular formula is C18H26N2O3. The van der Waals surface area contributed by atoms with Gasteiger partial charge < -0.3 is 14.4 Å². The first-order valence-electron chi connectivity index (χ1n) is 8.47. The van der Waals surface area contributed by atoms with Gasteiger partial charge in [-0.1, -0.05) is 0 Å². The van der Waals surface area contributed by atoms with Crippen LogP contribution in [0.4, 0.5) is 0 Å². The highest BCUT2D eigenvalue weighted by molar-refractivity contribution is 5.85. The lowest BCUT2D eigenvalue weighted by atomic mass is 9.96. The zero-order chi connectivity index (χ0) is 16.4. The number of methoxy groups -OCH3 is 1. The highest BCUT2D eigenvalue weighted by atomic mass is 16.5. The van der Waals surface area contributed by atoms with Crippen LogP contribution in [-0.2, 0) is 9.53 Å². The Labute approximate surface area is 138 Å². The first-order valence-corrected chi connectivity index (χ1v) is 8.47. The lowest BCUT2D eigenvalue weighted by molar-refractivity contribution is -0.157. The number of hydrogen-bond acceptors (Lipinski definition) is 4. The molecule has 5 nitrogen and oxygen atoms in total. The van der Waals surface area contributed by atoms with Gasteiger partial charge in [0.15, 0.2) is 0 Å². The minimum Gasteiger partial charge on any atom is -0.474 e. The number of pyridine rings is 1. The number of carbonyl (C=O) groups is 1. The van der Waals surface area contributed by atoms with Gasteiger partial charge in [-0.05, 0) is 44.2 Å². The van der Waals surface area contributed by atoms with Crippen molar-refractivity contribution in [1.29, 1.82) is 0 Å². The SMILES string of the molecule is CO[C@](C)(C(=O)N1CCC(Oc2cc(C)ccn2)CC1)C1CC1. The molecule has 1 aromatic rings. The number of ether oxygens (including phenoxy) is 2. The van der Waals surface area contributed by atoms with Gasteiger partial charge in [-0.25, -0.2) is 4.98 Å². The summed E-state index contributed by atoms with van der Waals surface area (Å²) in [5, 5.41) is 0. The van der Waals surface area contributed by atoms with E-state index in [1.807, 2.05) is 30.9 Å². The van der Waals surface area contributed by atoms with Crippen LogP contribution in [0.2, 0.25) is 0 Å². The predicted molar refractivity (Wildman–Crippen MR) is 87.3 cm³/mol. The molecule has 0 radical (unpaired) electrons. The predicted octanol–water partition coefficient (Wildman–Crippen LogP) is 2.57. The van der Waals surface area contributed by atoms with Crippen molar-refractivity contribution in [2.45, 2.75) is 51.2 Å². The van der Waals surface area contributed by atoms with E-state index in [4.69, 9.17) is 9.47 Å². The fourth-order valence-corrected chi connectivity index (χ4v) is 3.30. The van der Waals surface area contributed by atoms with Crippen molar-refractivity contribution in [1.82, 2.24) is 9.88 Å². The van der Waals surface area contributed by atoms with Crippen molar-refractivity contribution in [3.8, 4) is 5.88 Å². The van der Waals surface area contributed by atoms with Crippen molar-refractivity contribution in [3.63, 3.8) is 0 Å². The number of rotatable bonds is 5. The summed E-state index contributed by atoms with van der Waals surface area (Å²) in [6, 6.07) is 3.91. The third-order valence-corrected chi connectivity index (χ3v) is 5.11. The van der Waals surface area contributed by atoms with Crippen LogP contribution < -0.4 is 4.74 Å². The molecule has 23 heavy (non-hydrogen) atoms. The fraction of sp³-hybridized carbons (Fsp3) is 0.667. The summed E-state index contributed by atoms with van der Waals surface area (Å²) in [5.74, 6) is 1.19. The maximum atomic E-state index is 12.8. The molecule has 0 bridgehead atoms. The lowest BCUT2D eigenvalue weighted by Gasteiger charge is -2.37. The molecule has 0 aromatic carbocycles. The number of nitrogens with zero attached hydrogens (tertiary/aromatic N) is 2. The number of piperidine rings is 1. The summed E-state index contributed by atoms with van der Waals surface area (Å²) in [7, 11) is 1.65. The van der Waals surface area contributed by atoms with E-state index in [-0.39, 0.29) is 12.0 Å². The summed E-state index contributed by atoms with van der Waals surface area (Å²) < 4.78 is 11.5. The van der Waals surface area contributed by atoms with Gasteiger partial charge in [0.1, 0.15) is 11.7 Å². The molecule has 1 saturated carbocycles. The molecule has 0 N–H and O–H groups in total. The van der Waals surface area contributed by atoms with Crippen LogP contribution in [0.3, 0.4) is 0 Å². The van der Waals surface area contributed by atoms with Crippen LogP contribution in [0.1, 0.15) is 38.2 Å². The maximum absolute atomic E-state index is 12.8. The Balaban J connectivity index is 1.55. The summed E-state index contributed by atoms with van der Waals surface area (Å²) in [6.45, 7) is 5.41. The van der Waals surface area contributed by atoms with E-state index in [1.54, 1.807) is 13.3 Å². The van der Waals surface area contributed by atoms with Crippen LogP contribution >= 0.6 is 0 Å². The van der Waals surface area contributed by atoms with E-state index in [9.17, 15) is 4.79 Å². The van der Waals surface area contributed by atoms with Gasteiger partial charge in [0, 0.05) is 45.3 Å². The summed E-state index contributed by atoms with van der Waals surface area (Å²) in [6.07, 6.45) is 5.76. The Morgan fingerprint density at radius 1 is 1.30 bits per heavy atom. The molecule has 1 atom stereocenters. The van der Waals surface area contributed by atoms with Gasteiger partial charge in [-0.15, -0.1) is 0 Å². The Morgan fingerprint density at radius 3 is 2.57 bits per heavy atom. The van der Waals surface area contributed by atoms with Gasteiger partial charge in [0.2, 0.25) is 5.88 Å². The minimum absolute atomic E-state index is 0.128. The van der Waals surface area contributed by atoms with E-state index in [0.717, 1.165) is 44.3 Å². The monoisotopic (exact) mass is 318 g/mol. The molecule has 0 spiro atoms. The highest BCUT2D eigenvalue weighted by Gasteiger charge is 2.49. The van der Waals surface area contributed by atoms with Crippen LogP contribution in [0.15, 0.2) is 18.3 Å². The lowest BCUT2D eigenvalue weighted by Crippen LogP contribution is -2.53. The topological polar surface area (TPSA) is 51.7 Å². The summed E-state index contributed by atoms with van der Waals surface area (Å²) >= 11 is 0. The van der Waals surface area contributed by atoms with Crippen molar-refractivity contribution < 1.29 is 14.3 Å². The van der Waals surface area contributed by atoms with Crippen molar-refractivity contribution in [2.75, 3.05) is 20.2 Å². The zero-order valence-corrected chi connectivity index (χ0v) is 14.2. The first kappa shape index (κ1) is 16.2. The fourth-order valence-electron chi connectivity index (χ4n) is 3.30. The third kappa shape index (κ3) is 3.50. The average Bonchev–Trinajstić information content (AvgIpc) is 3.39. The Kier molecular flexibility index (Phi) is 4.57. The number of likely N-dealkylation sites (tertiary alicyclic amines) is 1. The molecule has 1 aliphatic carbocycles. The van der Waals surface area contributed by atoms with E-state index in [1.165, 1.54) is 0 Å². The summed E-state index contributed by atoms with van der Waals surface area (Å²) in [5.41, 5.74) is 0.495. The quantitative estimate of drug-likeness (QED) is 0.837. The molecule has 2 heterocycles. The van der Waals surface area contributed by atoms with Crippen LogP contribution in [0, 0.1) is 12.8 Å². The van der Waals surface area contributed by atoms with E-state index < -0.39 is 5.60 Å². The average molecular weight is 318 g/mol. The molecular weight excluding hydrogens is 292 g/mol. The number of carbonyl (C=O) groups excluding carboxylic acids is 1. The van der Waals surface area contributed by atoms with Gasteiger partial charge in [0.25, 0.3) is 5.91 Å². The van der Waals surface area contributed by atoms with E-state index in [0.29, 0.717) is 11.8 Å². The van der Waals surface area contributed by atoms with Crippen LogP contribution in [-0.4, -0.2) is 47.7 Å². The maximum Gasteiger partial charge on any atom is 0.254 e. The van der Waals surface area contributed by atoms with Crippen molar-refractivity contribution >= 4 is 5.91 Å². The van der Waals surface area contributed by atoms with Crippen LogP contribution in [0.25, 0.3) is 0 Å². The first-order chi connectivity index (χ1) is 11.0. The number of amides is 1. The molecule has 2 fully saturated rings. The standard InChI is InChI=1S/C18H26N2O3/c1-13-6-9-19-16(12-13)23-15-7-10-20(11-8-15)17(21)18(2,22-3)14-4-5-14/h6,9,12,14-15H,4-5,7-8,10-11H2,1-3H3/t18-/m0/s1. The molecule has 1 aliphatic heterocycles. The molecule has 126 valence electrons. The van der Waals surface area contributed by atoms with Gasteiger partial charge >= 0.3 is 0 Å². The van der Waals surface area contributed by atoms with Crippen molar-refractivity contribution in [2.24, 2.45) is 5.92 Å². The third-order valence-electron chi connectivity index (χ3n) is 5.11. The molecule has 3 rings (SSSR count). The zero-order valence-electron chi connectivity index (χ0n) is 14.2. The Bertz CT molecular complexity index is 565. The molecule has 5 heteroatoms. The van der Waals surface area contributed by atoms with E-state index in [2.05, 4.69) is 4.98 Å². The second-order valence-corrected chi connectivity index (χ2v) is 6.87. The second-order valence-electron chi connectivity index (χ2n) is 6.87. The molecule has 1 amide bonds. The van der Waals surface area contributed by atoms with Gasteiger partial charge in [0.05, 0.1) is 0 Å². The largest absolute Gasteiger partial charge is 0.474 e.